The van der Waals surface area contributed by atoms with Crippen LogP contribution < -0.4 is 10.6 Å². The molecule has 1 atom stereocenters. The molecule has 0 aliphatic rings. The largest absolute Gasteiger partial charge is 0.466 e. The molecule has 2 N–H and O–H groups in total. The summed E-state index contributed by atoms with van der Waals surface area (Å²) in [6.45, 7) is 6.92. The second-order valence-corrected chi connectivity index (χ2v) is 9.37. The number of esters is 2. The Bertz CT molecular complexity index is 1020. The number of hydrogen-bond donors (Lipinski definition) is 2. The van der Waals surface area contributed by atoms with Gasteiger partial charge in [0, 0.05) is 5.69 Å². The zero-order chi connectivity index (χ0) is 26.0. The summed E-state index contributed by atoms with van der Waals surface area (Å²) in [5.41, 5.74) is 1.06. The molecule has 2 rings (SSSR count). The highest BCUT2D eigenvalue weighted by Crippen LogP contribution is 2.33. The average molecular weight is 525 g/mol. The summed E-state index contributed by atoms with van der Waals surface area (Å²) in [5, 5.41) is 6.54. The Morgan fingerprint density at radius 3 is 2.26 bits per heavy atom. The maximum absolute atomic E-state index is 12.8. The van der Waals surface area contributed by atoms with E-state index in [0.717, 1.165) is 0 Å². The van der Waals surface area contributed by atoms with Gasteiger partial charge < -0.3 is 24.8 Å². The highest BCUT2D eigenvalue weighted by atomic mass is 35.5. The van der Waals surface area contributed by atoms with Crippen molar-refractivity contribution < 1.29 is 28.6 Å². The quantitative estimate of drug-likeness (QED) is 0.304. The number of ether oxygens (including phenoxy) is 3. The molecule has 0 heterocycles. The molecule has 0 saturated carbocycles. The number of alkyl carbamates (subject to hydrolysis) is 1. The van der Waals surface area contributed by atoms with Crippen molar-refractivity contribution in [3.05, 3.63) is 58.1 Å². The maximum Gasteiger partial charge on any atom is 0.407 e. The van der Waals surface area contributed by atoms with E-state index in [1.807, 2.05) is 0 Å². The normalized spacial score (nSPS) is 11.8. The van der Waals surface area contributed by atoms with Crippen molar-refractivity contribution in [1.82, 2.24) is 5.32 Å². The van der Waals surface area contributed by atoms with Gasteiger partial charge in [-0.1, -0.05) is 47.5 Å². The predicted molar refractivity (Wildman–Crippen MR) is 135 cm³/mol. The van der Waals surface area contributed by atoms with Gasteiger partial charge in [-0.25, -0.2) is 4.79 Å². The van der Waals surface area contributed by atoms with Gasteiger partial charge in [0.1, 0.15) is 11.7 Å². The molecule has 2 aromatic carbocycles. The van der Waals surface area contributed by atoms with E-state index in [2.05, 4.69) is 10.6 Å². The summed E-state index contributed by atoms with van der Waals surface area (Å²) >= 11 is 12.5. The van der Waals surface area contributed by atoms with Gasteiger partial charge in [-0.3, -0.25) is 9.59 Å². The third-order valence-corrected chi connectivity index (χ3v) is 5.08. The SMILES string of the molecule is CCOC(=O)CC(CNC(=O)OC(C)(C)C)OC(=O)Cc1ccccc1Nc1c(Cl)cccc1Cl. The molecule has 10 heteroatoms. The van der Waals surface area contributed by atoms with Gasteiger partial charge in [0.2, 0.25) is 0 Å². The fraction of sp³-hybridized carbons (Fsp3) is 0.400. The van der Waals surface area contributed by atoms with Crippen LogP contribution in [0.25, 0.3) is 0 Å². The Labute approximate surface area is 215 Å². The maximum atomic E-state index is 12.8. The van der Waals surface area contributed by atoms with Gasteiger partial charge in [-0.15, -0.1) is 0 Å². The zero-order valence-electron chi connectivity index (χ0n) is 20.2. The number of carbonyl (C=O) groups is 3. The number of carbonyl (C=O) groups excluding carboxylic acids is 3. The summed E-state index contributed by atoms with van der Waals surface area (Å²) in [4.78, 5) is 36.8. The molecule has 0 fully saturated rings. The molecule has 8 nitrogen and oxygen atoms in total. The summed E-state index contributed by atoms with van der Waals surface area (Å²) in [5.74, 6) is -1.14. The molecule has 190 valence electrons. The molecular weight excluding hydrogens is 495 g/mol. The van der Waals surface area contributed by atoms with E-state index in [1.54, 1.807) is 70.2 Å². The Kier molecular flexibility index (Phi) is 10.7. The minimum Gasteiger partial charge on any atom is -0.466 e. The molecule has 0 saturated heterocycles. The molecule has 0 aliphatic heterocycles. The Balaban J connectivity index is 2.09. The van der Waals surface area contributed by atoms with Crippen molar-refractivity contribution in [3.63, 3.8) is 0 Å². The highest BCUT2D eigenvalue weighted by molar-refractivity contribution is 6.39. The molecule has 1 unspecified atom stereocenters. The van der Waals surface area contributed by atoms with Crippen molar-refractivity contribution in [2.75, 3.05) is 18.5 Å². The molecular formula is C25H30Cl2N2O6. The molecule has 0 radical (unpaired) electrons. The average Bonchev–Trinajstić information content (AvgIpc) is 2.75. The number of benzene rings is 2. The molecule has 35 heavy (non-hydrogen) atoms. The van der Waals surface area contributed by atoms with E-state index in [9.17, 15) is 14.4 Å². The van der Waals surface area contributed by atoms with Gasteiger partial charge >= 0.3 is 18.0 Å². The number of halogens is 2. The summed E-state index contributed by atoms with van der Waals surface area (Å²) in [6, 6.07) is 12.2. The lowest BCUT2D eigenvalue weighted by atomic mass is 10.1. The fourth-order valence-electron chi connectivity index (χ4n) is 3.00. The summed E-state index contributed by atoms with van der Waals surface area (Å²) in [6.07, 6.45) is -1.94. The van der Waals surface area contributed by atoms with Crippen LogP contribution in [0, 0.1) is 0 Å². The Morgan fingerprint density at radius 2 is 1.63 bits per heavy atom. The van der Waals surface area contributed by atoms with Gasteiger partial charge in [-0.2, -0.15) is 0 Å². The number of nitrogens with one attached hydrogen (secondary N) is 2. The number of anilines is 2. The summed E-state index contributed by atoms with van der Waals surface area (Å²) in [7, 11) is 0. The van der Waals surface area contributed by atoms with E-state index in [1.165, 1.54) is 0 Å². The minimum absolute atomic E-state index is 0.100. The van der Waals surface area contributed by atoms with Gasteiger partial charge in [0.25, 0.3) is 0 Å². The lowest BCUT2D eigenvalue weighted by Gasteiger charge is -2.22. The fourth-order valence-corrected chi connectivity index (χ4v) is 3.50. The second kappa shape index (κ2) is 13.2. The van der Waals surface area contributed by atoms with E-state index < -0.39 is 29.7 Å². The second-order valence-electron chi connectivity index (χ2n) is 8.56. The lowest BCUT2D eigenvalue weighted by Crippen LogP contribution is -2.39. The van der Waals surface area contributed by atoms with Crippen LogP contribution in [-0.2, 0) is 30.2 Å². The molecule has 0 aliphatic carbocycles. The van der Waals surface area contributed by atoms with E-state index >= 15 is 0 Å². The molecule has 0 aromatic heterocycles. The lowest BCUT2D eigenvalue weighted by molar-refractivity contribution is -0.154. The minimum atomic E-state index is -0.938. The number of rotatable bonds is 10. The van der Waals surface area contributed by atoms with Gasteiger partial charge in [-0.05, 0) is 51.5 Å². The third kappa shape index (κ3) is 10.0. The zero-order valence-corrected chi connectivity index (χ0v) is 21.7. The molecule has 2 aromatic rings. The van der Waals surface area contributed by atoms with Crippen molar-refractivity contribution in [3.8, 4) is 0 Å². The first-order chi connectivity index (χ1) is 16.5. The number of amides is 1. The molecule has 0 spiro atoms. The van der Waals surface area contributed by atoms with Crippen LogP contribution in [0.1, 0.15) is 39.7 Å². The predicted octanol–water partition coefficient (Wildman–Crippen LogP) is 5.67. The smallest absolute Gasteiger partial charge is 0.407 e. The topological polar surface area (TPSA) is 103 Å². The van der Waals surface area contributed by atoms with Crippen molar-refractivity contribution in [1.29, 1.82) is 0 Å². The third-order valence-electron chi connectivity index (χ3n) is 4.45. The summed E-state index contributed by atoms with van der Waals surface area (Å²) < 4.78 is 15.7. The first kappa shape index (κ1) is 28.3. The van der Waals surface area contributed by atoms with Gasteiger partial charge in [0.05, 0.1) is 41.7 Å². The first-order valence-corrected chi connectivity index (χ1v) is 11.8. The van der Waals surface area contributed by atoms with E-state index in [-0.39, 0.29) is 26.0 Å². The van der Waals surface area contributed by atoms with E-state index in [0.29, 0.717) is 27.0 Å². The van der Waals surface area contributed by atoms with Crippen molar-refractivity contribution in [2.24, 2.45) is 0 Å². The van der Waals surface area contributed by atoms with Crippen LogP contribution in [0.3, 0.4) is 0 Å². The van der Waals surface area contributed by atoms with Crippen molar-refractivity contribution in [2.45, 2.75) is 52.2 Å². The number of hydrogen-bond acceptors (Lipinski definition) is 7. The van der Waals surface area contributed by atoms with Crippen molar-refractivity contribution >= 4 is 52.6 Å². The monoisotopic (exact) mass is 524 g/mol. The number of para-hydroxylation sites is 2. The van der Waals surface area contributed by atoms with Crippen LogP contribution in [0.15, 0.2) is 42.5 Å². The first-order valence-electron chi connectivity index (χ1n) is 11.1. The standard InChI is InChI=1S/C25H30Cl2N2O6/c1-5-33-21(30)14-17(15-28-24(32)35-25(2,3)4)34-22(31)13-16-9-6-7-12-20(16)29-23-18(26)10-8-11-19(23)27/h6-12,17,29H,5,13-15H2,1-4H3,(H,28,32). The van der Waals surface area contributed by atoms with E-state index in [4.69, 9.17) is 37.4 Å². The molecule has 0 bridgehead atoms. The van der Waals surface area contributed by atoms with Crippen LogP contribution in [-0.4, -0.2) is 42.9 Å². The van der Waals surface area contributed by atoms with Crippen LogP contribution >= 0.6 is 23.2 Å². The van der Waals surface area contributed by atoms with Crippen LogP contribution in [0.5, 0.6) is 0 Å². The molecule has 1 amide bonds. The Morgan fingerprint density at radius 1 is 0.971 bits per heavy atom. The highest BCUT2D eigenvalue weighted by Gasteiger charge is 2.23. The van der Waals surface area contributed by atoms with Gasteiger partial charge in [0.15, 0.2) is 0 Å². The van der Waals surface area contributed by atoms with Crippen LogP contribution in [0.4, 0.5) is 16.2 Å². The Hall–Kier alpha value is -2.97. The van der Waals surface area contributed by atoms with Crippen LogP contribution in [0.2, 0.25) is 10.0 Å².